The van der Waals surface area contributed by atoms with Crippen molar-refractivity contribution < 1.29 is 9.18 Å². The first-order valence-electron chi connectivity index (χ1n) is 6.06. The number of carbonyl (C=O) groups is 1. The highest BCUT2D eigenvalue weighted by molar-refractivity contribution is 6.31. The molecule has 0 radical (unpaired) electrons. The van der Waals surface area contributed by atoms with Crippen LogP contribution >= 0.6 is 11.6 Å². The molecule has 2 aromatic carbocycles. The van der Waals surface area contributed by atoms with E-state index < -0.39 is 6.03 Å². The van der Waals surface area contributed by atoms with Gasteiger partial charge in [-0.3, -0.25) is 0 Å². The smallest absolute Gasteiger partial charge is 0.307 e. The fourth-order valence-electron chi connectivity index (χ4n) is 1.75. The Morgan fingerprint density at radius 3 is 2.55 bits per heavy atom. The lowest BCUT2D eigenvalue weighted by molar-refractivity contribution is 0.262. The SMILES string of the molecule is Cc1ccc(Cl)cc1NC(=O)Nc1cccc(F)c1C. The van der Waals surface area contributed by atoms with E-state index in [1.54, 1.807) is 31.2 Å². The van der Waals surface area contributed by atoms with E-state index in [2.05, 4.69) is 10.6 Å². The van der Waals surface area contributed by atoms with E-state index in [1.165, 1.54) is 6.07 Å². The summed E-state index contributed by atoms with van der Waals surface area (Å²) in [5, 5.41) is 5.84. The molecule has 0 saturated heterocycles. The van der Waals surface area contributed by atoms with Crippen molar-refractivity contribution in [2.45, 2.75) is 13.8 Å². The molecule has 0 bridgehead atoms. The molecule has 2 aromatic rings. The van der Waals surface area contributed by atoms with Crippen molar-refractivity contribution in [3.63, 3.8) is 0 Å². The maximum absolute atomic E-state index is 13.4. The molecule has 0 aliphatic rings. The van der Waals surface area contributed by atoms with Crippen LogP contribution in [-0.4, -0.2) is 6.03 Å². The summed E-state index contributed by atoms with van der Waals surface area (Å²) in [4.78, 5) is 11.9. The Morgan fingerprint density at radius 1 is 1.10 bits per heavy atom. The van der Waals surface area contributed by atoms with Gasteiger partial charge in [-0.05, 0) is 43.7 Å². The summed E-state index contributed by atoms with van der Waals surface area (Å²) in [6, 6.07) is 9.31. The number of hydrogen-bond donors (Lipinski definition) is 2. The highest BCUT2D eigenvalue weighted by atomic mass is 35.5. The van der Waals surface area contributed by atoms with Gasteiger partial charge < -0.3 is 10.6 Å². The summed E-state index contributed by atoms with van der Waals surface area (Å²) in [5.74, 6) is -0.360. The minimum atomic E-state index is -0.441. The van der Waals surface area contributed by atoms with Crippen LogP contribution in [-0.2, 0) is 0 Å². The molecule has 0 unspecified atom stereocenters. The molecule has 5 heteroatoms. The Balaban J connectivity index is 2.13. The predicted octanol–water partition coefficient (Wildman–Crippen LogP) is 4.74. The van der Waals surface area contributed by atoms with Crippen molar-refractivity contribution in [3.8, 4) is 0 Å². The largest absolute Gasteiger partial charge is 0.323 e. The van der Waals surface area contributed by atoms with Crippen LogP contribution in [0.4, 0.5) is 20.6 Å². The Labute approximate surface area is 121 Å². The maximum atomic E-state index is 13.4. The van der Waals surface area contributed by atoms with Crippen molar-refractivity contribution in [3.05, 3.63) is 58.4 Å². The molecule has 2 rings (SSSR count). The number of urea groups is 1. The zero-order chi connectivity index (χ0) is 14.7. The van der Waals surface area contributed by atoms with Gasteiger partial charge in [-0.2, -0.15) is 0 Å². The molecule has 20 heavy (non-hydrogen) atoms. The van der Waals surface area contributed by atoms with Gasteiger partial charge in [0.2, 0.25) is 0 Å². The van der Waals surface area contributed by atoms with Gasteiger partial charge in [0, 0.05) is 22.0 Å². The molecule has 0 spiro atoms. The second kappa shape index (κ2) is 5.92. The van der Waals surface area contributed by atoms with Crippen molar-refractivity contribution >= 4 is 29.0 Å². The Morgan fingerprint density at radius 2 is 1.80 bits per heavy atom. The summed E-state index contributed by atoms with van der Waals surface area (Å²) in [7, 11) is 0. The van der Waals surface area contributed by atoms with Crippen LogP contribution in [0.15, 0.2) is 36.4 Å². The zero-order valence-electron chi connectivity index (χ0n) is 11.1. The van der Waals surface area contributed by atoms with Gasteiger partial charge in [-0.1, -0.05) is 23.7 Å². The highest BCUT2D eigenvalue weighted by Gasteiger charge is 2.09. The number of aryl methyl sites for hydroxylation is 1. The van der Waals surface area contributed by atoms with E-state index in [0.29, 0.717) is 22.0 Å². The molecule has 0 atom stereocenters. The number of amides is 2. The van der Waals surface area contributed by atoms with Gasteiger partial charge in [0.05, 0.1) is 0 Å². The van der Waals surface area contributed by atoms with Crippen LogP contribution < -0.4 is 10.6 Å². The van der Waals surface area contributed by atoms with Gasteiger partial charge in [0.25, 0.3) is 0 Å². The molecule has 104 valence electrons. The van der Waals surface area contributed by atoms with Gasteiger partial charge in [-0.15, -0.1) is 0 Å². The summed E-state index contributed by atoms with van der Waals surface area (Å²) < 4.78 is 13.4. The number of anilines is 2. The summed E-state index contributed by atoms with van der Waals surface area (Å²) in [6.07, 6.45) is 0. The average Bonchev–Trinajstić information content (AvgIpc) is 2.39. The van der Waals surface area contributed by atoms with E-state index in [4.69, 9.17) is 11.6 Å². The number of hydrogen-bond acceptors (Lipinski definition) is 1. The first kappa shape index (κ1) is 14.3. The van der Waals surface area contributed by atoms with Crippen LogP contribution in [0.3, 0.4) is 0 Å². The third-order valence-corrected chi connectivity index (χ3v) is 3.20. The number of carbonyl (C=O) groups excluding carboxylic acids is 1. The normalized spacial score (nSPS) is 10.2. The third kappa shape index (κ3) is 3.27. The monoisotopic (exact) mass is 292 g/mol. The molecule has 0 aliphatic carbocycles. The molecular weight excluding hydrogens is 279 g/mol. The summed E-state index contributed by atoms with van der Waals surface area (Å²) >= 11 is 5.89. The van der Waals surface area contributed by atoms with Crippen molar-refractivity contribution in [2.24, 2.45) is 0 Å². The first-order valence-corrected chi connectivity index (χ1v) is 6.44. The van der Waals surface area contributed by atoms with E-state index in [0.717, 1.165) is 5.56 Å². The molecule has 3 nitrogen and oxygen atoms in total. The minimum absolute atomic E-state index is 0.360. The quantitative estimate of drug-likeness (QED) is 0.824. The topological polar surface area (TPSA) is 41.1 Å². The van der Waals surface area contributed by atoms with Crippen LogP contribution in [0, 0.1) is 19.7 Å². The molecule has 0 aromatic heterocycles. The first-order chi connectivity index (χ1) is 9.47. The van der Waals surface area contributed by atoms with Crippen molar-refractivity contribution in [1.29, 1.82) is 0 Å². The van der Waals surface area contributed by atoms with Crippen LogP contribution in [0.1, 0.15) is 11.1 Å². The van der Waals surface area contributed by atoms with Crippen LogP contribution in [0.5, 0.6) is 0 Å². The number of nitrogens with one attached hydrogen (secondary N) is 2. The molecular formula is C15H14ClFN2O. The van der Waals surface area contributed by atoms with E-state index in [1.807, 2.05) is 13.0 Å². The van der Waals surface area contributed by atoms with Crippen molar-refractivity contribution in [2.75, 3.05) is 10.6 Å². The fourth-order valence-corrected chi connectivity index (χ4v) is 1.92. The number of rotatable bonds is 2. The van der Waals surface area contributed by atoms with E-state index in [-0.39, 0.29) is 5.82 Å². The lowest BCUT2D eigenvalue weighted by Crippen LogP contribution is -2.20. The fraction of sp³-hybridized carbons (Fsp3) is 0.133. The average molecular weight is 293 g/mol. The Hall–Kier alpha value is -2.07. The Kier molecular flexibility index (Phi) is 4.25. The standard InChI is InChI=1S/C15H14ClFN2O/c1-9-6-7-11(16)8-14(9)19-15(20)18-13-5-3-4-12(17)10(13)2/h3-8H,1-2H3,(H2,18,19,20). The van der Waals surface area contributed by atoms with Crippen molar-refractivity contribution in [1.82, 2.24) is 0 Å². The number of halogens is 2. The molecule has 0 fully saturated rings. The second-order valence-corrected chi connectivity index (χ2v) is 4.89. The van der Waals surface area contributed by atoms with Gasteiger partial charge in [0.1, 0.15) is 5.82 Å². The van der Waals surface area contributed by atoms with E-state index in [9.17, 15) is 9.18 Å². The highest BCUT2D eigenvalue weighted by Crippen LogP contribution is 2.21. The van der Waals surface area contributed by atoms with Crippen LogP contribution in [0.2, 0.25) is 5.02 Å². The third-order valence-electron chi connectivity index (χ3n) is 2.96. The number of benzene rings is 2. The molecule has 0 saturated carbocycles. The van der Waals surface area contributed by atoms with Crippen LogP contribution in [0.25, 0.3) is 0 Å². The Bertz CT molecular complexity index is 652. The molecule has 0 aliphatic heterocycles. The summed E-state index contributed by atoms with van der Waals surface area (Å²) in [5.41, 5.74) is 2.33. The zero-order valence-corrected chi connectivity index (χ0v) is 11.9. The van der Waals surface area contributed by atoms with Gasteiger partial charge in [-0.25, -0.2) is 9.18 Å². The molecule has 2 amide bonds. The summed E-state index contributed by atoms with van der Waals surface area (Å²) in [6.45, 7) is 3.47. The minimum Gasteiger partial charge on any atom is -0.307 e. The lowest BCUT2D eigenvalue weighted by Gasteiger charge is -2.12. The van der Waals surface area contributed by atoms with Gasteiger partial charge in [0.15, 0.2) is 0 Å². The lowest BCUT2D eigenvalue weighted by atomic mass is 10.2. The second-order valence-electron chi connectivity index (χ2n) is 4.45. The predicted molar refractivity (Wildman–Crippen MR) is 80.0 cm³/mol. The van der Waals surface area contributed by atoms with Gasteiger partial charge >= 0.3 is 6.03 Å². The van der Waals surface area contributed by atoms with E-state index >= 15 is 0 Å². The molecule has 2 N–H and O–H groups in total. The maximum Gasteiger partial charge on any atom is 0.323 e. The molecule has 0 heterocycles.